The van der Waals surface area contributed by atoms with Gasteiger partial charge in [-0.3, -0.25) is 14.6 Å². The number of morpholine rings is 1. The molecule has 0 bridgehead atoms. The topological polar surface area (TPSA) is 79.8 Å². The molecule has 11 heteroatoms. The van der Waals surface area contributed by atoms with Crippen LogP contribution < -0.4 is 4.90 Å². The van der Waals surface area contributed by atoms with Crippen LogP contribution in [0.3, 0.4) is 0 Å². The molecule has 0 unspecified atom stereocenters. The molecule has 1 aromatic heterocycles. The molecule has 0 saturated carbocycles. The first kappa shape index (κ1) is 28.8. The van der Waals surface area contributed by atoms with E-state index in [0.717, 1.165) is 55.0 Å². The van der Waals surface area contributed by atoms with E-state index in [4.69, 9.17) is 21.3 Å². The number of carbonyl (C=O) groups excluding carboxylic acids is 1. The first-order valence-corrected chi connectivity index (χ1v) is 14.4. The van der Waals surface area contributed by atoms with Crippen molar-refractivity contribution in [3.8, 4) is 0 Å². The van der Waals surface area contributed by atoms with Gasteiger partial charge in [-0.25, -0.2) is 13.4 Å². The number of halogens is 2. The number of carbonyl (C=O) groups is 1. The lowest BCUT2D eigenvalue weighted by Crippen LogP contribution is -2.39. The van der Waals surface area contributed by atoms with Crippen LogP contribution in [-0.4, -0.2) is 68.9 Å². The first-order chi connectivity index (χ1) is 16.7. The predicted molar refractivity (Wildman–Crippen MR) is 149 cm³/mol. The monoisotopic (exact) mass is 571 g/mol. The van der Waals surface area contributed by atoms with Crippen molar-refractivity contribution in [1.82, 2.24) is 9.88 Å². The lowest BCUT2D eigenvalue weighted by atomic mass is 10.2. The van der Waals surface area contributed by atoms with Gasteiger partial charge in [0, 0.05) is 36.8 Å². The third-order valence-corrected chi connectivity index (χ3v) is 9.50. The smallest absolute Gasteiger partial charge is 0.260 e. The standard InChI is InChI=1S/C25H30ClN3O4S2.ClH/c1-17(2)35(31,32)21-7-4-6-19(15-21)24(30)29(9-5-8-28-10-12-33-13-11-28)25-27-23-18(3)14-20(26)16-22(23)34-25;/h4,6-7,14-17H,5,8-13H2,1-3H3;1H. The molecule has 2 aromatic carbocycles. The maximum Gasteiger partial charge on any atom is 0.260 e. The lowest BCUT2D eigenvalue weighted by molar-refractivity contribution is 0.0376. The van der Waals surface area contributed by atoms with Crippen LogP contribution >= 0.6 is 35.3 Å². The Morgan fingerprint density at radius 3 is 2.64 bits per heavy atom. The van der Waals surface area contributed by atoms with E-state index < -0.39 is 15.1 Å². The van der Waals surface area contributed by atoms with Gasteiger partial charge >= 0.3 is 0 Å². The fourth-order valence-electron chi connectivity index (χ4n) is 4.05. The van der Waals surface area contributed by atoms with Gasteiger partial charge in [0.15, 0.2) is 15.0 Å². The van der Waals surface area contributed by atoms with Crippen LogP contribution in [0.5, 0.6) is 0 Å². The van der Waals surface area contributed by atoms with Crippen LogP contribution in [0.15, 0.2) is 41.3 Å². The zero-order chi connectivity index (χ0) is 25.2. The van der Waals surface area contributed by atoms with Gasteiger partial charge in [0.2, 0.25) is 0 Å². The van der Waals surface area contributed by atoms with E-state index in [0.29, 0.717) is 22.3 Å². The Bertz CT molecular complexity index is 1320. The highest BCUT2D eigenvalue weighted by atomic mass is 35.5. The van der Waals surface area contributed by atoms with Crippen molar-refractivity contribution in [3.05, 3.63) is 52.5 Å². The predicted octanol–water partition coefficient (Wildman–Crippen LogP) is 5.23. The highest BCUT2D eigenvalue weighted by Gasteiger charge is 2.25. The molecule has 4 rings (SSSR count). The minimum absolute atomic E-state index is 0. The summed E-state index contributed by atoms with van der Waals surface area (Å²) in [6.07, 6.45) is 0.755. The number of sulfone groups is 1. The summed E-state index contributed by atoms with van der Waals surface area (Å²) in [5.41, 5.74) is 2.09. The molecule has 1 aliphatic heterocycles. The Kier molecular flexibility index (Phi) is 9.76. The molecule has 1 amide bonds. The average molecular weight is 573 g/mol. The van der Waals surface area contributed by atoms with Crippen LogP contribution in [0, 0.1) is 6.92 Å². The third kappa shape index (κ3) is 6.38. The summed E-state index contributed by atoms with van der Waals surface area (Å²) in [6.45, 7) is 9.71. The Morgan fingerprint density at radius 1 is 1.22 bits per heavy atom. The van der Waals surface area contributed by atoms with E-state index in [1.54, 1.807) is 30.9 Å². The van der Waals surface area contributed by atoms with Crippen molar-refractivity contribution >= 4 is 66.4 Å². The van der Waals surface area contributed by atoms with Gasteiger partial charge in [-0.05, 0) is 63.1 Å². The first-order valence-electron chi connectivity index (χ1n) is 11.7. The van der Waals surface area contributed by atoms with Crippen molar-refractivity contribution in [1.29, 1.82) is 0 Å². The van der Waals surface area contributed by atoms with Crippen LogP contribution in [0.25, 0.3) is 10.2 Å². The molecule has 7 nitrogen and oxygen atoms in total. The van der Waals surface area contributed by atoms with Gasteiger partial charge < -0.3 is 4.74 Å². The molecule has 0 radical (unpaired) electrons. The van der Waals surface area contributed by atoms with Crippen LogP contribution in [0.4, 0.5) is 5.13 Å². The molecule has 0 N–H and O–H groups in total. The molecule has 0 spiro atoms. The Labute approximate surface area is 227 Å². The number of nitrogens with zero attached hydrogens (tertiary/aromatic N) is 3. The van der Waals surface area contributed by atoms with Crippen LogP contribution in [-0.2, 0) is 14.6 Å². The van der Waals surface area contributed by atoms with Crippen molar-refractivity contribution in [2.75, 3.05) is 44.3 Å². The normalized spacial score (nSPS) is 14.7. The largest absolute Gasteiger partial charge is 0.379 e. The number of anilines is 1. The SMILES string of the molecule is Cc1cc(Cl)cc2sc(N(CCCN3CCOCC3)C(=O)c3cccc(S(=O)(=O)C(C)C)c3)nc12.Cl. The van der Waals surface area contributed by atoms with Crippen molar-refractivity contribution in [3.63, 3.8) is 0 Å². The molecule has 36 heavy (non-hydrogen) atoms. The molecule has 196 valence electrons. The second kappa shape index (κ2) is 12.2. The summed E-state index contributed by atoms with van der Waals surface area (Å²) in [5, 5.41) is 0.630. The molecule has 2 heterocycles. The minimum atomic E-state index is -3.50. The van der Waals surface area contributed by atoms with Gasteiger partial charge in [0.1, 0.15) is 0 Å². The number of hydrogen-bond donors (Lipinski definition) is 0. The van der Waals surface area contributed by atoms with E-state index >= 15 is 0 Å². The average Bonchev–Trinajstić information content (AvgIpc) is 3.26. The minimum Gasteiger partial charge on any atom is -0.379 e. The number of thiazole rings is 1. The van der Waals surface area contributed by atoms with Gasteiger partial charge in [-0.15, -0.1) is 12.4 Å². The van der Waals surface area contributed by atoms with E-state index in [1.165, 1.54) is 23.5 Å². The van der Waals surface area contributed by atoms with Crippen LogP contribution in [0.1, 0.15) is 36.2 Å². The Morgan fingerprint density at radius 2 is 1.94 bits per heavy atom. The lowest BCUT2D eigenvalue weighted by Gasteiger charge is -2.27. The number of aryl methyl sites for hydroxylation is 1. The summed E-state index contributed by atoms with van der Waals surface area (Å²) < 4.78 is 31.8. The molecule has 0 aliphatic carbocycles. The number of benzene rings is 2. The molecule has 1 saturated heterocycles. The molecular weight excluding hydrogens is 541 g/mol. The molecule has 1 aliphatic rings. The van der Waals surface area contributed by atoms with Gasteiger partial charge in [0.25, 0.3) is 5.91 Å². The number of rotatable bonds is 8. The summed E-state index contributed by atoms with van der Waals surface area (Å²) in [7, 11) is -3.50. The molecular formula is C25H31Cl2N3O4S2. The quantitative estimate of drug-likeness (QED) is 0.368. The second-order valence-electron chi connectivity index (χ2n) is 8.95. The number of hydrogen-bond acceptors (Lipinski definition) is 7. The number of amides is 1. The van der Waals surface area contributed by atoms with Gasteiger partial charge in [-0.1, -0.05) is 29.0 Å². The fraction of sp³-hybridized carbons (Fsp3) is 0.440. The van der Waals surface area contributed by atoms with Gasteiger partial charge in [0.05, 0.1) is 33.6 Å². The number of aromatic nitrogens is 1. The summed E-state index contributed by atoms with van der Waals surface area (Å²) in [5.74, 6) is -0.268. The highest BCUT2D eigenvalue weighted by molar-refractivity contribution is 7.92. The van der Waals surface area contributed by atoms with Crippen molar-refractivity contribution in [2.24, 2.45) is 0 Å². The Hall–Kier alpha value is -1.75. The van der Waals surface area contributed by atoms with E-state index in [-0.39, 0.29) is 23.2 Å². The summed E-state index contributed by atoms with van der Waals surface area (Å²) in [4.78, 5) is 22.7. The zero-order valence-electron chi connectivity index (χ0n) is 20.6. The summed E-state index contributed by atoms with van der Waals surface area (Å²) in [6, 6.07) is 10.0. The van der Waals surface area contributed by atoms with Crippen LogP contribution in [0.2, 0.25) is 5.02 Å². The van der Waals surface area contributed by atoms with Crippen molar-refractivity contribution in [2.45, 2.75) is 37.3 Å². The number of ether oxygens (including phenoxy) is 1. The number of fused-ring (bicyclic) bond motifs is 1. The third-order valence-electron chi connectivity index (χ3n) is 6.10. The van der Waals surface area contributed by atoms with E-state index in [1.807, 2.05) is 19.1 Å². The molecule has 0 atom stereocenters. The maximum atomic E-state index is 13.7. The van der Waals surface area contributed by atoms with Crippen molar-refractivity contribution < 1.29 is 17.9 Å². The Balaban J connectivity index is 0.00000361. The van der Waals surface area contributed by atoms with Gasteiger partial charge in [-0.2, -0.15) is 0 Å². The zero-order valence-corrected chi connectivity index (χ0v) is 23.8. The maximum absolute atomic E-state index is 13.7. The highest BCUT2D eigenvalue weighted by Crippen LogP contribution is 2.34. The van der Waals surface area contributed by atoms with E-state index in [9.17, 15) is 13.2 Å². The second-order valence-corrected chi connectivity index (χ2v) is 12.9. The fourth-order valence-corrected chi connectivity index (χ4v) is 6.60. The van der Waals surface area contributed by atoms with E-state index in [2.05, 4.69) is 4.90 Å². The summed E-state index contributed by atoms with van der Waals surface area (Å²) >= 11 is 7.67. The molecule has 1 fully saturated rings. The molecule has 3 aromatic rings.